The van der Waals surface area contributed by atoms with E-state index in [4.69, 9.17) is 5.73 Å². The number of halogens is 1. The molecule has 2 aromatic carbocycles. The number of rotatable bonds is 12. The van der Waals surface area contributed by atoms with Gasteiger partial charge in [0, 0.05) is 43.3 Å². The Morgan fingerprint density at radius 1 is 1.03 bits per heavy atom. The third kappa shape index (κ3) is 7.63. The van der Waals surface area contributed by atoms with E-state index in [0.29, 0.717) is 31.1 Å². The highest BCUT2D eigenvalue weighted by Crippen LogP contribution is 2.32. The smallest absolute Gasteiger partial charge is 0.282 e. The Morgan fingerprint density at radius 2 is 1.69 bits per heavy atom. The van der Waals surface area contributed by atoms with Crippen LogP contribution in [-0.2, 0) is 26.2 Å². The maximum absolute atomic E-state index is 13.4. The SMILES string of the molecule is C[C@H](C[C@H](N)[C@H](Cc1ccccc1)NC(=O)[C@@H](C)N1CCN(CC2CC2)S1(=O)=O)C(=O)Nc1ccc(F)cc1. The maximum Gasteiger partial charge on any atom is 0.282 e. The lowest BCUT2D eigenvalue weighted by Crippen LogP contribution is -2.55. The van der Waals surface area contributed by atoms with E-state index in [0.717, 1.165) is 18.4 Å². The van der Waals surface area contributed by atoms with Gasteiger partial charge in [0.05, 0.1) is 0 Å². The molecule has 1 heterocycles. The topological polar surface area (TPSA) is 125 Å². The third-order valence-electron chi connectivity index (χ3n) is 7.49. The molecule has 2 fully saturated rings. The average molecular weight is 560 g/mol. The number of nitrogens with one attached hydrogen (secondary N) is 2. The number of benzene rings is 2. The first-order chi connectivity index (χ1) is 18.5. The van der Waals surface area contributed by atoms with Gasteiger partial charge in [-0.2, -0.15) is 17.0 Å². The summed E-state index contributed by atoms with van der Waals surface area (Å²) in [5, 5.41) is 5.75. The van der Waals surface area contributed by atoms with Crippen molar-refractivity contribution in [1.29, 1.82) is 0 Å². The molecule has 2 aliphatic rings. The molecule has 1 saturated heterocycles. The van der Waals surface area contributed by atoms with Gasteiger partial charge in [-0.15, -0.1) is 0 Å². The summed E-state index contributed by atoms with van der Waals surface area (Å²) in [6.45, 7) is 4.49. The lowest BCUT2D eigenvalue weighted by molar-refractivity contribution is -0.125. The molecule has 0 spiro atoms. The molecule has 212 valence electrons. The summed E-state index contributed by atoms with van der Waals surface area (Å²) in [4.78, 5) is 26.1. The van der Waals surface area contributed by atoms with E-state index in [1.54, 1.807) is 13.8 Å². The van der Waals surface area contributed by atoms with Crippen molar-refractivity contribution < 1.29 is 22.4 Å². The van der Waals surface area contributed by atoms with E-state index >= 15 is 0 Å². The number of carbonyl (C=O) groups is 2. The summed E-state index contributed by atoms with van der Waals surface area (Å²) in [5.74, 6) is -1.16. The van der Waals surface area contributed by atoms with E-state index in [9.17, 15) is 22.4 Å². The van der Waals surface area contributed by atoms with Crippen LogP contribution in [0, 0.1) is 17.7 Å². The van der Waals surface area contributed by atoms with E-state index in [2.05, 4.69) is 10.6 Å². The molecule has 0 radical (unpaired) electrons. The molecule has 0 unspecified atom stereocenters. The summed E-state index contributed by atoms with van der Waals surface area (Å²) in [6.07, 6.45) is 2.78. The standard InChI is InChI=1S/C28H38FN5O4S/c1-19(27(35)31-24-12-10-23(29)11-13-24)16-25(30)26(17-21-6-4-3-5-7-21)32-28(36)20(2)34-15-14-33(39(34,37)38)18-22-8-9-22/h3-7,10-13,19-20,22,25-26H,8-9,14-18,30H2,1-2H3,(H,31,35)(H,32,36)/t19-,20-,25+,26+/m1/s1. The minimum atomic E-state index is -3.71. The zero-order valence-electron chi connectivity index (χ0n) is 22.4. The quantitative estimate of drug-likeness (QED) is 0.369. The van der Waals surface area contributed by atoms with Crippen molar-refractivity contribution in [2.24, 2.45) is 17.6 Å². The third-order valence-corrected chi connectivity index (χ3v) is 9.57. The highest BCUT2D eigenvalue weighted by Gasteiger charge is 2.43. The Kier molecular flexibility index (Phi) is 9.37. The Balaban J connectivity index is 1.41. The molecule has 1 aliphatic carbocycles. The minimum absolute atomic E-state index is 0.264. The molecule has 0 aromatic heterocycles. The van der Waals surface area contributed by atoms with Gasteiger partial charge in [-0.1, -0.05) is 37.3 Å². The number of carbonyl (C=O) groups excluding carboxylic acids is 2. The normalized spacial score (nSPS) is 20.6. The summed E-state index contributed by atoms with van der Waals surface area (Å²) >= 11 is 0. The number of hydrogen-bond acceptors (Lipinski definition) is 5. The first kappa shape index (κ1) is 29.1. The predicted octanol–water partition coefficient (Wildman–Crippen LogP) is 2.51. The van der Waals surface area contributed by atoms with Gasteiger partial charge in [0.1, 0.15) is 11.9 Å². The highest BCUT2D eigenvalue weighted by atomic mass is 32.2. The van der Waals surface area contributed by atoms with Crippen molar-refractivity contribution in [1.82, 2.24) is 13.9 Å². The van der Waals surface area contributed by atoms with Crippen molar-refractivity contribution in [3.63, 3.8) is 0 Å². The predicted molar refractivity (Wildman–Crippen MR) is 148 cm³/mol. The van der Waals surface area contributed by atoms with E-state index in [1.807, 2.05) is 30.3 Å². The van der Waals surface area contributed by atoms with Gasteiger partial charge in [-0.05, 0) is 68.4 Å². The monoisotopic (exact) mass is 559 g/mol. The average Bonchev–Trinajstić information content (AvgIpc) is 3.68. The van der Waals surface area contributed by atoms with Crippen molar-refractivity contribution in [2.75, 3.05) is 25.0 Å². The number of nitrogens with two attached hydrogens (primary N) is 1. The Bertz CT molecular complexity index is 1240. The van der Waals surface area contributed by atoms with Gasteiger partial charge < -0.3 is 16.4 Å². The first-order valence-electron chi connectivity index (χ1n) is 13.5. The van der Waals surface area contributed by atoms with E-state index < -0.39 is 46.0 Å². The molecule has 9 nitrogen and oxygen atoms in total. The van der Waals surface area contributed by atoms with Gasteiger partial charge in [0.15, 0.2) is 0 Å². The number of nitrogens with zero attached hydrogens (tertiary/aromatic N) is 2. The van der Waals surface area contributed by atoms with Crippen LogP contribution in [0.2, 0.25) is 0 Å². The molecule has 4 atom stereocenters. The lowest BCUT2D eigenvalue weighted by Gasteiger charge is -2.30. The second-order valence-corrected chi connectivity index (χ2v) is 12.6. The fourth-order valence-electron chi connectivity index (χ4n) is 4.85. The minimum Gasteiger partial charge on any atom is -0.350 e. The molecule has 1 saturated carbocycles. The van der Waals surface area contributed by atoms with Crippen molar-refractivity contribution in [2.45, 2.75) is 57.7 Å². The second kappa shape index (κ2) is 12.5. The maximum atomic E-state index is 13.4. The van der Waals surface area contributed by atoms with Gasteiger partial charge in [0.2, 0.25) is 11.8 Å². The van der Waals surface area contributed by atoms with Crippen LogP contribution in [0.3, 0.4) is 0 Å². The van der Waals surface area contributed by atoms with Crippen LogP contribution in [0.25, 0.3) is 0 Å². The molecule has 11 heteroatoms. The second-order valence-electron chi connectivity index (χ2n) is 10.7. The van der Waals surface area contributed by atoms with Gasteiger partial charge in [0.25, 0.3) is 10.2 Å². The van der Waals surface area contributed by atoms with Crippen LogP contribution in [-0.4, -0.2) is 66.6 Å². The molecule has 1 aliphatic heterocycles. The first-order valence-corrected chi connectivity index (χ1v) is 14.9. The van der Waals surface area contributed by atoms with Gasteiger partial charge in [-0.25, -0.2) is 4.39 Å². The Labute approximate surface area is 230 Å². The van der Waals surface area contributed by atoms with Crippen molar-refractivity contribution in [3.8, 4) is 0 Å². The largest absolute Gasteiger partial charge is 0.350 e. The molecule has 2 amide bonds. The molecule has 4 rings (SSSR count). The van der Waals surface area contributed by atoms with Crippen molar-refractivity contribution in [3.05, 3.63) is 66.0 Å². The van der Waals surface area contributed by atoms with Crippen LogP contribution < -0.4 is 16.4 Å². The van der Waals surface area contributed by atoms with E-state index in [-0.39, 0.29) is 18.9 Å². The summed E-state index contributed by atoms with van der Waals surface area (Å²) in [7, 11) is -3.71. The lowest BCUT2D eigenvalue weighted by atomic mass is 9.92. The fraction of sp³-hybridized carbons (Fsp3) is 0.500. The molecule has 4 N–H and O–H groups in total. The molecule has 0 bridgehead atoms. The number of hydrogen-bond donors (Lipinski definition) is 3. The highest BCUT2D eigenvalue weighted by molar-refractivity contribution is 7.87. The molecular formula is C28H38FN5O4S. The molecule has 2 aromatic rings. The summed E-state index contributed by atoms with van der Waals surface area (Å²) in [5.41, 5.74) is 8.01. The number of amides is 2. The zero-order valence-corrected chi connectivity index (χ0v) is 23.2. The van der Waals surface area contributed by atoms with Crippen LogP contribution in [0.1, 0.15) is 38.7 Å². The van der Waals surface area contributed by atoms with Crippen LogP contribution in [0.15, 0.2) is 54.6 Å². The van der Waals surface area contributed by atoms with Crippen LogP contribution in [0.4, 0.5) is 10.1 Å². The van der Waals surface area contributed by atoms with Gasteiger partial charge >= 0.3 is 0 Å². The number of anilines is 1. The summed E-state index contributed by atoms with van der Waals surface area (Å²) < 4.78 is 42.1. The van der Waals surface area contributed by atoms with E-state index in [1.165, 1.54) is 32.9 Å². The van der Waals surface area contributed by atoms with Crippen LogP contribution in [0.5, 0.6) is 0 Å². The zero-order chi connectivity index (χ0) is 28.2. The Hall–Kier alpha value is -2.86. The molecular weight excluding hydrogens is 521 g/mol. The van der Waals surface area contributed by atoms with Crippen LogP contribution >= 0.6 is 0 Å². The Morgan fingerprint density at radius 3 is 2.33 bits per heavy atom. The van der Waals surface area contributed by atoms with Crippen molar-refractivity contribution >= 4 is 27.7 Å². The molecule has 39 heavy (non-hydrogen) atoms. The summed E-state index contributed by atoms with van der Waals surface area (Å²) in [6, 6.07) is 13.0. The fourth-order valence-corrected chi connectivity index (χ4v) is 6.66. The van der Waals surface area contributed by atoms with Gasteiger partial charge in [-0.3, -0.25) is 9.59 Å².